The molecule has 10 nitrogen and oxygen atoms in total. The summed E-state index contributed by atoms with van der Waals surface area (Å²) in [5.41, 5.74) is -0.736. The van der Waals surface area contributed by atoms with Gasteiger partial charge in [0.15, 0.2) is 0 Å². The molecule has 2 aliphatic rings. The third-order valence-electron chi connectivity index (χ3n) is 4.87. The average Bonchev–Trinajstić information content (AvgIpc) is 3.46. The molecule has 1 fully saturated rings. The zero-order valence-electron chi connectivity index (χ0n) is 16.3. The number of aliphatic carboxylic acids is 1. The van der Waals surface area contributed by atoms with Gasteiger partial charge in [-0.15, -0.1) is 0 Å². The molecule has 1 aliphatic carbocycles. The molecule has 0 aromatic carbocycles. The molecule has 0 saturated heterocycles. The van der Waals surface area contributed by atoms with E-state index in [9.17, 15) is 19.5 Å². The van der Waals surface area contributed by atoms with Crippen LogP contribution in [-0.2, 0) is 20.9 Å². The van der Waals surface area contributed by atoms with Gasteiger partial charge in [-0.25, -0.2) is 4.98 Å². The fourth-order valence-corrected chi connectivity index (χ4v) is 3.03. The summed E-state index contributed by atoms with van der Waals surface area (Å²) >= 11 is 0. The third kappa shape index (κ3) is 5.01. The van der Waals surface area contributed by atoms with Crippen LogP contribution in [0.15, 0.2) is 23.7 Å². The van der Waals surface area contributed by atoms with Gasteiger partial charge in [-0.2, -0.15) is 0 Å². The van der Waals surface area contributed by atoms with E-state index < -0.39 is 35.4 Å². The molecule has 29 heavy (non-hydrogen) atoms. The van der Waals surface area contributed by atoms with Gasteiger partial charge in [0.25, 0.3) is 11.8 Å². The number of nitrogens with zero attached hydrogens (tertiary/aromatic N) is 3. The number of carboxylic acids is 1. The predicted octanol–water partition coefficient (Wildman–Crippen LogP) is 0.789. The largest absolute Gasteiger partial charge is 0.511 e. The third-order valence-corrected chi connectivity index (χ3v) is 4.87. The van der Waals surface area contributed by atoms with E-state index in [2.05, 4.69) is 15.3 Å². The highest BCUT2D eigenvalue weighted by Crippen LogP contribution is 2.33. The van der Waals surface area contributed by atoms with Crippen LogP contribution in [-0.4, -0.2) is 61.6 Å². The normalized spacial score (nSPS) is 18.6. The molecule has 1 aromatic heterocycles. The Bertz CT molecular complexity index is 845. The minimum Gasteiger partial charge on any atom is -0.511 e. The highest BCUT2D eigenvalue weighted by atomic mass is 16.5. The summed E-state index contributed by atoms with van der Waals surface area (Å²) in [7, 11) is 0. The molecule has 0 atom stereocenters. The van der Waals surface area contributed by atoms with Crippen LogP contribution in [0.4, 0.5) is 0 Å². The molecule has 2 amide bonds. The topological polar surface area (TPSA) is 142 Å². The van der Waals surface area contributed by atoms with Crippen LogP contribution in [0.5, 0.6) is 5.88 Å². The zero-order valence-corrected chi connectivity index (χ0v) is 16.3. The van der Waals surface area contributed by atoms with Crippen molar-refractivity contribution >= 4 is 17.8 Å². The maximum absolute atomic E-state index is 12.9. The van der Waals surface area contributed by atoms with Crippen molar-refractivity contribution in [3.8, 4) is 5.88 Å². The molecule has 0 unspecified atom stereocenters. The minimum atomic E-state index is -1.25. The number of aliphatic hydroxyl groups is 1. The van der Waals surface area contributed by atoms with E-state index in [1.54, 1.807) is 13.8 Å². The summed E-state index contributed by atoms with van der Waals surface area (Å²) < 4.78 is 5.55. The Hall–Kier alpha value is -3.17. The van der Waals surface area contributed by atoms with E-state index in [1.807, 2.05) is 0 Å². The maximum Gasteiger partial charge on any atom is 0.322 e. The van der Waals surface area contributed by atoms with E-state index in [1.165, 1.54) is 30.1 Å². The summed E-state index contributed by atoms with van der Waals surface area (Å²) in [6.45, 7) is 3.55. The first-order chi connectivity index (χ1) is 13.7. The number of amides is 2. The summed E-state index contributed by atoms with van der Waals surface area (Å²) in [6.07, 6.45) is 5.38. The summed E-state index contributed by atoms with van der Waals surface area (Å²) in [5.74, 6) is -2.24. The van der Waals surface area contributed by atoms with E-state index in [0.29, 0.717) is 24.1 Å². The fourth-order valence-electron chi connectivity index (χ4n) is 3.03. The molecule has 0 spiro atoms. The monoisotopic (exact) mass is 404 g/mol. The van der Waals surface area contributed by atoms with Crippen LogP contribution in [0.25, 0.3) is 0 Å². The standard InChI is InChI=1S/C19H24N4O6/c1-19(2)5-13(24)16(17(27)22-8-15(25)26)18(28)23(19)9-12-6-21-14(7-20-12)29-10-11-3-4-11/h6-7,11,24H,3-5,8-10H2,1-2H3,(H,22,27)(H,25,26). The average molecular weight is 404 g/mol. The number of ether oxygens (including phenoxy) is 1. The molecular formula is C19H24N4O6. The molecule has 1 aromatic rings. The smallest absolute Gasteiger partial charge is 0.322 e. The highest BCUT2D eigenvalue weighted by molar-refractivity contribution is 6.19. The first-order valence-electron chi connectivity index (χ1n) is 9.35. The number of rotatable bonds is 8. The van der Waals surface area contributed by atoms with Gasteiger partial charge in [-0.1, -0.05) is 0 Å². The second-order valence-electron chi connectivity index (χ2n) is 7.88. The Morgan fingerprint density at radius 2 is 2.03 bits per heavy atom. The number of nitrogens with one attached hydrogen (secondary N) is 1. The van der Waals surface area contributed by atoms with Crippen molar-refractivity contribution < 1.29 is 29.3 Å². The van der Waals surface area contributed by atoms with Gasteiger partial charge in [-0.3, -0.25) is 19.4 Å². The lowest BCUT2D eigenvalue weighted by atomic mass is 9.89. The van der Waals surface area contributed by atoms with Gasteiger partial charge in [0.1, 0.15) is 17.9 Å². The van der Waals surface area contributed by atoms with Gasteiger partial charge >= 0.3 is 5.97 Å². The first-order valence-corrected chi connectivity index (χ1v) is 9.35. The highest BCUT2D eigenvalue weighted by Gasteiger charge is 2.42. The minimum absolute atomic E-state index is 0.0462. The van der Waals surface area contributed by atoms with E-state index >= 15 is 0 Å². The van der Waals surface area contributed by atoms with Crippen molar-refractivity contribution in [1.29, 1.82) is 0 Å². The van der Waals surface area contributed by atoms with Crippen molar-refractivity contribution in [3.05, 3.63) is 29.4 Å². The Morgan fingerprint density at radius 1 is 1.31 bits per heavy atom. The molecule has 1 saturated carbocycles. The molecule has 2 heterocycles. The quantitative estimate of drug-likeness (QED) is 0.540. The van der Waals surface area contributed by atoms with Crippen LogP contribution in [0.2, 0.25) is 0 Å². The number of aromatic nitrogens is 2. The van der Waals surface area contributed by atoms with Crippen LogP contribution >= 0.6 is 0 Å². The predicted molar refractivity (Wildman–Crippen MR) is 99.8 cm³/mol. The van der Waals surface area contributed by atoms with Crippen LogP contribution < -0.4 is 10.1 Å². The number of hydrogen-bond donors (Lipinski definition) is 3. The maximum atomic E-state index is 12.9. The van der Waals surface area contributed by atoms with Crippen molar-refractivity contribution in [3.63, 3.8) is 0 Å². The molecule has 0 bridgehead atoms. The van der Waals surface area contributed by atoms with E-state index in [-0.39, 0.29) is 18.7 Å². The Balaban J connectivity index is 1.72. The van der Waals surface area contributed by atoms with Crippen molar-refractivity contribution in [2.24, 2.45) is 5.92 Å². The molecule has 3 N–H and O–H groups in total. The number of aliphatic hydroxyl groups excluding tert-OH is 1. The summed E-state index contributed by atoms with van der Waals surface area (Å²) in [6, 6.07) is 0. The Morgan fingerprint density at radius 3 is 2.62 bits per heavy atom. The first kappa shape index (κ1) is 20.6. The van der Waals surface area contributed by atoms with Crippen molar-refractivity contribution in [1.82, 2.24) is 20.2 Å². The van der Waals surface area contributed by atoms with Crippen LogP contribution in [0.1, 0.15) is 38.8 Å². The number of carbonyl (C=O) groups is 3. The lowest BCUT2D eigenvalue weighted by molar-refractivity contribution is -0.140. The molecule has 1 aliphatic heterocycles. The number of carboxylic acid groups (broad SMARTS) is 1. The molecule has 3 rings (SSSR count). The van der Waals surface area contributed by atoms with Gasteiger partial charge < -0.3 is 25.2 Å². The van der Waals surface area contributed by atoms with Crippen LogP contribution in [0.3, 0.4) is 0 Å². The number of hydrogen-bond acceptors (Lipinski definition) is 7. The SMILES string of the molecule is CC1(C)CC(O)=C(C(=O)NCC(=O)O)C(=O)N1Cc1cnc(OCC2CC2)cn1. The van der Waals surface area contributed by atoms with Gasteiger partial charge in [-0.05, 0) is 32.6 Å². The fraction of sp³-hybridized carbons (Fsp3) is 0.526. The molecular weight excluding hydrogens is 380 g/mol. The lowest BCUT2D eigenvalue weighted by Gasteiger charge is -2.42. The van der Waals surface area contributed by atoms with Crippen molar-refractivity contribution in [2.75, 3.05) is 13.2 Å². The van der Waals surface area contributed by atoms with Gasteiger partial charge in [0.05, 0.1) is 31.2 Å². The van der Waals surface area contributed by atoms with Crippen LogP contribution in [0, 0.1) is 5.92 Å². The van der Waals surface area contributed by atoms with Crippen molar-refractivity contribution in [2.45, 2.75) is 45.2 Å². The second-order valence-corrected chi connectivity index (χ2v) is 7.88. The van der Waals surface area contributed by atoms with E-state index in [4.69, 9.17) is 9.84 Å². The van der Waals surface area contributed by atoms with E-state index in [0.717, 1.165) is 0 Å². The Labute approximate surface area is 167 Å². The lowest BCUT2D eigenvalue weighted by Crippen LogP contribution is -2.53. The summed E-state index contributed by atoms with van der Waals surface area (Å²) in [4.78, 5) is 45.7. The number of carbonyl (C=O) groups excluding carboxylic acids is 2. The molecule has 10 heteroatoms. The zero-order chi connectivity index (χ0) is 21.2. The second kappa shape index (κ2) is 8.06. The Kier molecular flexibility index (Phi) is 5.71. The van der Waals surface area contributed by atoms with Gasteiger partial charge in [0, 0.05) is 12.0 Å². The molecule has 0 radical (unpaired) electrons. The molecule has 156 valence electrons. The van der Waals surface area contributed by atoms with Gasteiger partial charge in [0.2, 0.25) is 5.88 Å². The summed E-state index contributed by atoms with van der Waals surface area (Å²) in [5, 5.41) is 21.0.